The Hall–Kier alpha value is -3.65. The molecule has 0 saturated carbocycles. The second-order valence-corrected chi connectivity index (χ2v) is 7.24. The molecule has 1 saturated heterocycles. The fraction of sp³-hybridized carbons (Fsp3) is 0.227. The van der Waals surface area contributed by atoms with Crippen molar-refractivity contribution in [2.75, 3.05) is 13.2 Å². The number of hydrogen-bond acceptors (Lipinski definition) is 6. The largest absolute Gasteiger partial charge is 0.376 e. The van der Waals surface area contributed by atoms with E-state index in [0.29, 0.717) is 17.8 Å². The molecule has 1 aliphatic rings. The molecule has 0 spiro atoms. The van der Waals surface area contributed by atoms with Crippen LogP contribution in [0.5, 0.6) is 0 Å². The van der Waals surface area contributed by atoms with Crippen molar-refractivity contribution in [1.82, 2.24) is 30.5 Å². The highest BCUT2D eigenvalue weighted by Gasteiger charge is 2.18. The fourth-order valence-corrected chi connectivity index (χ4v) is 3.78. The van der Waals surface area contributed by atoms with Crippen LogP contribution in [0.2, 0.25) is 0 Å². The summed E-state index contributed by atoms with van der Waals surface area (Å²) in [5.74, 6) is -0.153. The number of nitrogens with one attached hydrogen (secondary N) is 1. The highest BCUT2D eigenvalue weighted by atomic mass is 16.5. The van der Waals surface area contributed by atoms with Crippen molar-refractivity contribution < 1.29 is 9.53 Å². The number of tetrazole rings is 1. The molecule has 1 N–H and O–H groups in total. The Kier molecular flexibility index (Phi) is 4.90. The van der Waals surface area contributed by atoms with Gasteiger partial charge in [0.1, 0.15) is 6.33 Å². The molecule has 1 atom stereocenters. The number of hydrogen-bond donors (Lipinski definition) is 1. The number of nitrogens with zero attached hydrogens (tertiary/aromatic N) is 5. The lowest BCUT2D eigenvalue weighted by atomic mass is 9.98. The molecule has 2 aromatic heterocycles. The Labute approximate surface area is 172 Å². The van der Waals surface area contributed by atoms with E-state index in [-0.39, 0.29) is 12.0 Å². The Morgan fingerprint density at radius 3 is 3.00 bits per heavy atom. The molecule has 150 valence electrons. The van der Waals surface area contributed by atoms with E-state index < -0.39 is 0 Å². The zero-order valence-electron chi connectivity index (χ0n) is 16.2. The first kappa shape index (κ1) is 18.4. The van der Waals surface area contributed by atoms with Crippen LogP contribution in [0.15, 0.2) is 61.1 Å². The van der Waals surface area contributed by atoms with Crippen molar-refractivity contribution in [3.8, 4) is 16.8 Å². The summed E-state index contributed by atoms with van der Waals surface area (Å²) in [7, 11) is 0. The minimum absolute atomic E-state index is 0.0836. The molecular weight excluding hydrogens is 380 g/mol. The number of carbonyl (C=O) groups excluding carboxylic acids is 1. The number of pyridine rings is 1. The van der Waals surface area contributed by atoms with Gasteiger partial charge in [-0.3, -0.25) is 9.78 Å². The van der Waals surface area contributed by atoms with Crippen LogP contribution in [-0.2, 0) is 4.74 Å². The lowest BCUT2D eigenvalue weighted by Crippen LogP contribution is -2.31. The summed E-state index contributed by atoms with van der Waals surface area (Å²) in [5, 5.41) is 15.4. The third-order valence-electron chi connectivity index (χ3n) is 5.26. The van der Waals surface area contributed by atoms with Crippen LogP contribution in [0.3, 0.4) is 0 Å². The fourth-order valence-electron chi connectivity index (χ4n) is 3.78. The summed E-state index contributed by atoms with van der Waals surface area (Å²) in [6, 6.07) is 15.5. The van der Waals surface area contributed by atoms with Gasteiger partial charge in [0, 0.05) is 30.3 Å². The van der Waals surface area contributed by atoms with E-state index in [1.54, 1.807) is 16.9 Å². The zero-order valence-corrected chi connectivity index (χ0v) is 16.2. The number of fused-ring (bicyclic) bond motifs is 1. The zero-order chi connectivity index (χ0) is 20.3. The Bertz CT molecular complexity index is 1180. The lowest BCUT2D eigenvalue weighted by Gasteiger charge is -2.13. The Balaban J connectivity index is 1.56. The van der Waals surface area contributed by atoms with Crippen molar-refractivity contribution in [3.63, 3.8) is 0 Å². The number of benzene rings is 2. The van der Waals surface area contributed by atoms with E-state index in [0.717, 1.165) is 41.5 Å². The lowest BCUT2D eigenvalue weighted by molar-refractivity contribution is 0.0858. The maximum absolute atomic E-state index is 12.9. The third-order valence-corrected chi connectivity index (χ3v) is 5.26. The summed E-state index contributed by atoms with van der Waals surface area (Å²) < 4.78 is 7.16. The average Bonchev–Trinajstić information content (AvgIpc) is 3.51. The van der Waals surface area contributed by atoms with Crippen LogP contribution < -0.4 is 5.32 Å². The molecule has 1 fully saturated rings. The maximum atomic E-state index is 12.9. The summed E-state index contributed by atoms with van der Waals surface area (Å²) in [4.78, 5) is 17.4. The average molecular weight is 400 g/mol. The van der Waals surface area contributed by atoms with Crippen LogP contribution in [0.1, 0.15) is 23.2 Å². The summed E-state index contributed by atoms with van der Waals surface area (Å²) in [6.45, 7) is 1.26. The molecule has 3 heterocycles. The minimum atomic E-state index is -0.153. The van der Waals surface area contributed by atoms with Crippen molar-refractivity contribution in [3.05, 3.63) is 66.6 Å². The van der Waals surface area contributed by atoms with Crippen molar-refractivity contribution in [2.24, 2.45) is 0 Å². The van der Waals surface area contributed by atoms with Crippen molar-refractivity contribution >= 4 is 16.8 Å². The molecule has 0 bridgehead atoms. The van der Waals surface area contributed by atoms with Crippen molar-refractivity contribution in [2.45, 2.75) is 18.9 Å². The molecule has 8 heteroatoms. The van der Waals surface area contributed by atoms with Gasteiger partial charge in [-0.15, -0.1) is 5.10 Å². The van der Waals surface area contributed by atoms with Crippen LogP contribution in [0, 0.1) is 0 Å². The monoisotopic (exact) mass is 400 g/mol. The van der Waals surface area contributed by atoms with Crippen LogP contribution in [-0.4, -0.2) is 50.4 Å². The highest BCUT2D eigenvalue weighted by Crippen LogP contribution is 2.30. The first-order chi connectivity index (χ1) is 14.8. The normalized spacial score (nSPS) is 16.1. The molecule has 2 aromatic carbocycles. The second-order valence-electron chi connectivity index (χ2n) is 7.24. The van der Waals surface area contributed by atoms with E-state index in [1.807, 2.05) is 42.5 Å². The number of aromatic nitrogens is 5. The smallest absolute Gasteiger partial charge is 0.251 e. The number of rotatable bonds is 5. The van der Waals surface area contributed by atoms with Gasteiger partial charge in [0.2, 0.25) is 0 Å². The first-order valence-electron chi connectivity index (χ1n) is 9.90. The Morgan fingerprint density at radius 1 is 1.20 bits per heavy atom. The maximum Gasteiger partial charge on any atom is 0.251 e. The summed E-state index contributed by atoms with van der Waals surface area (Å²) in [5.41, 5.74) is 4.03. The predicted molar refractivity (Wildman–Crippen MR) is 111 cm³/mol. The molecule has 4 aromatic rings. The van der Waals surface area contributed by atoms with Gasteiger partial charge in [-0.05, 0) is 64.7 Å². The standard InChI is InChI=1S/C22H20N6O2/c29-22(24-13-18-4-3-9-30-18)16-10-15(11-17(12-16)28-14-25-26-27-28)19-5-1-7-21-20(19)6-2-8-23-21/h1-2,5-8,10-12,14,18H,3-4,9,13H2,(H,24,29). The van der Waals surface area contributed by atoms with E-state index in [2.05, 4.69) is 25.8 Å². The quantitative estimate of drug-likeness (QED) is 0.554. The summed E-state index contributed by atoms with van der Waals surface area (Å²) >= 11 is 0. The third kappa shape index (κ3) is 3.65. The Morgan fingerprint density at radius 2 is 2.17 bits per heavy atom. The number of ether oxygens (including phenoxy) is 1. The summed E-state index contributed by atoms with van der Waals surface area (Å²) in [6.07, 6.45) is 5.37. The molecule has 30 heavy (non-hydrogen) atoms. The topological polar surface area (TPSA) is 94.8 Å². The highest BCUT2D eigenvalue weighted by molar-refractivity contribution is 5.99. The predicted octanol–water partition coefficient (Wildman–Crippen LogP) is 2.79. The first-order valence-corrected chi connectivity index (χ1v) is 9.90. The van der Waals surface area contributed by atoms with Gasteiger partial charge >= 0.3 is 0 Å². The minimum Gasteiger partial charge on any atom is -0.376 e. The van der Waals surface area contributed by atoms with Gasteiger partial charge in [-0.1, -0.05) is 18.2 Å². The van der Waals surface area contributed by atoms with Crippen molar-refractivity contribution in [1.29, 1.82) is 0 Å². The van der Waals surface area contributed by atoms with E-state index in [9.17, 15) is 4.79 Å². The molecule has 0 radical (unpaired) electrons. The van der Waals surface area contributed by atoms with Crippen LogP contribution in [0.25, 0.3) is 27.7 Å². The van der Waals surface area contributed by atoms with Gasteiger partial charge in [0.15, 0.2) is 0 Å². The van der Waals surface area contributed by atoms with Gasteiger partial charge in [-0.25, -0.2) is 4.68 Å². The molecule has 0 aliphatic carbocycles. The van der Waals surface area contributed by atoms with E-state index >= 15 is 0 Å². The SMILES string of the molecule is O=C(NCC1CCCO1)c1cc(-c2cccc3ncccc23)cc(-n2cnnn2)c1. The molecule has 8 nitrogen and oxygen atoms in total. The molecule has 5 rings (SSSR count). The van der Waals surface area contributed by atoms with Gasteiger partial charge in [0.05, 0.1) is 17.3 Å². The van der Waals surface area contributed by atoms with E-state index in [4.69, 9.17) is 4.74 Å². The van der Waals surface area contributed by atoms with Gasteiger partial charge in [-0.2, -0.15) is 0 Å². The van der Waals surface area contributed by atoms with Crippen LogP contribution >= 0.6 is 0 Å². The number of carbonyl (C=O) groups is 1. The molecular formula is C22H20N6O2. The van der Waals surface area contributed by atoms with Gasteiger partial charge in [0.25, 0.3) is 5.91 Å². The van der Waals surface area contributed by atoms with E-state index in [1.165, 1.54) is 6.33 Å². The molecule has 1 unspecified atom stereocenters. The van der Waals surface area contributed by atoms with Gasteiger partial charge < -0.3 is 10.1 Å². The molecule has 1 amide bonds. The number of amides is 1. The second kappa shape index (κ2) is 8.00. The van der Waals surface area contributed by atoms with Crippen LogP contribution in [0.4, 0.5) is 0 Å². The molecule has 1 aliphatic heterocycles.